The van der Waals surface area contributed by atoms with Crippen molar-refractivity contribution in [2.75, 3.05) is 5.32 Å². The summed E-state index contributed by atoms with van der Waals surface area (Å²) in [5.74, 6) is 1.45. The van der Waals surface area contributed by atoms with Crippen LogP contribution in [0.5, 0.6) is 0 Å². The summed E-state index contributed by atoms with van der Waals surface area (Å²) < 4.78 is 69.0. The fourth-order valence-electron chi connectivity index (χ4n) is 3.68. The number of rotatable bonds is 6. The van der Waals surface area contributed by atoms with Crippen LogP contribution in [0, 0.1) is 25.1 Å². The molecule has 1 aliphatic carbocycles. The van der Waals surface area contributed by atoms with Crippen molar-refractivity contribution in [2.24, 2.45) is 0 Å². The van der Waals surface area contributed by atoms with Gasteiger partial charge in [-0.1, -0.05) is 24.1 Å². The Hall–Kier alpha value is -3.48. The molecule has 1 atom stereocenters. The predicted molar refractivity (Wildman–Crippen MR) is 108 cm³/mol. The lowest BCUT2D eigenvalue weighted by Gasteiger charge is -2.20. The summed E-state index contributed by atoms with van der Waals surface area (Å²) >= 11 is 0. The molecule has 3 aromatic rings. The van der Waals surface area contributed by atoms with Crippen LogP contribution in [0.2, 0.25) is 0 Å². The van der Waals surface area contributed by atoms with Gasteiger partial charge in [-0.05, 0) is 19.8 Å². The first-order chi connectivity index (χ1) is 15.2. The number of nitrogens with one attached hydrogen (secondary N) is 1. The van der Waals surface area contributed by atoms with Gasteiger partial charge in [-0.15, -0.1) is 6.42 Å². The number of pyridine rings is 1. The number of hydrogen-bond acceptors (Lipinski definition) is 4. The fourth-order valence-corrected chi connectivity index (χ4v) is 3.68. The maximum absolute atomic E-state index is 14.6. The summed E-state index contributed by atoms with van der Waals surface area (Å²) in [6.45, 7) is 1.54. The van der Waals surface area contributed by atoms with Crippen LogP contribution >= 0.6 is 0 Å². The van der Waals surface area contributed by atoms with E-state index in [4.69, 9.17) is 6.42 Å². The summed E-state index contributed by atoms with van der Waals surface area (Å²) in [5, 5.41) is 3.02. The molecule has 5 nitrogen and oxygen atoms in total. The maximum atomic E-state index is 14.6. The number of aromatic nitrogens is 3. The largest absolute Gasteiger partial charge is 0.352 e. The Morgan fingerprint density at radius 1 is 1.19 bits per heavy atom. The highest BCUT2D eigenvalue weighted by Gasteiger charge is 2.53. The van der Waals surface area contributed by atoms with E-state index >= 15 is 0 Å². The Balaban J connectivity index is 1.83. The van der Waals surface area contributed by atoms with Gasteiger partial charge in [-0.25, -0.2) is 31.9 Å². The van der Waals surface area contributed by atoms with Crippen molar-refractivity contribution in [2.45, 2.75) is 44.2 Å². The fraction of sp³-hybridized carbons (Fsp3) is 0.318. The molecule has 1 saturated carbocycles. The third-order valence-electron chi connectivity index (χ3n) is 5.54. The van der Waals surface area contributed by atoms with Gasteiger partial charge in [0.2, 0.25) is 0 Å². The Kier molecular flexibility index (Phi) is 5.36. The van der Waals surface area contributed by atoms with Crippen LogP contribution < -0.4 is 10.9 Å². The molecule has 32 heavy (non-hydrogen) atoms. The molecule has 0 saturated heterocycles. The Labute approximate surface area is 179 Å². The highest BCUT2D eigenvalue weighted by Crippen LogP contribution is 2.48. The van der Waals surface area contributed by atoms with Crippen LogP contribution in [0.1, 0.15) is 42.3 Å². The molecule has 166 valence electrons. The third-order valence-corrected chi connectivity index (χ3v) is 5.54. The lowest BCUT2D eigenvalue weighted by atomic mass is 10.0. The number of halogens is 5. The van der Waals surface area contributed by atoms with Gasteiger partial charge < -0.3 is 9.88 Å². The van der Waals surface area contributed by atoms with Crippen LogP contribution in [0.25, 0.3) is 10.9 Å². The van der Waals surface area contributed by atoms with Crippen LogP contribution in [-0.4, -0.2) is 21.0 Å². The van der Waals surface area contributed by atoms with Gasteiger partial charge >= 0.3 is 0 Å². The van der Waals surface area contributed by atoms with Crippen LogP contribution in [0.15, 0.2) is 35.3 Å². The van der Waals surface area contributed by atoms with E-state index < -0.39 is 41.4 Å². The van der Waals surface area contributed by atoms with Gasteiger partial charge in [0.05, 0.1) is 16.5 Å². The Morgan fingerprint density at radius 3 is 2.47 bits per heavy atom. The molecule has 0 radical (unpaired) electrons. The molecule has 1 fully saturated rings. The maximum Gasteiger partial charge on any atom is 0.266 e. The van der Waals surface area contributed by atoms with Crippen LogP contribution in [-0.2, 0) is 5.54 Å². The van der Waals surface area contributed by atoms with Gasteiger partial charge in [0.25, 0.3) is 18.4 Å². The van der Waals surface area contributed by atoms with E-state index in [0.29, 0.717) is 0 Å². The van der Waals surface area contributed by atoms with Crippen molar-refractivity contribution in [1.82, 2.24) is 14.5 Å². The Morgan fingerprint density at radius 2 is 1.88 bits per heavy atom. The lowest BCUT2D eigenvalue weighted by molar-refractivity contribution is 0.0654. The molecule has 1 N–H and O–H groups in total. The first-order valence-electron chi connectivity index (χ1n) is 9.67. The number of benzene rings is 1. The quantitative estimate of drug-likeness (QED) is 0.438. The second-order valence-electron chi connectivity index (χ2n) is 7.60. The highest BCUT2D eigenvalue weighted by molar-refractivity contribution is 5.88. The van der Waals surface area contributed by atoms with Crippen molar-refractivity contribution >= 4 is 16.7 Å². The molecule has 4 rings (SSSR count). The topological polar surface area (TPSA) is 59.8 Å². The van der Waals surface area contributed by atoms with Gasteiger partial charge in [0.15, 0.2) is 0 Å². The molecule has 0 bridgehead atoms. The normalized spacial score (nSPS) is 15.7. The first-order valence-corrected chi connectivity index (χ1v) is 9.67. The highest BCUT2D eigenvalue weighted by atomic mass is 19.3. The first kappa shape index (κ1) is 21.7. The average Bonchev–Trinajstić information content (AvgIpc) is 3.53. The van der Waals surface area contributed by atoms with Gasteiger partial charge in [0.1, 0.15) is 29.0 Å². The monoisotopic (exact) mass is 448 g/mol. The smallest absolute Gasteiger partial charge is 0.266 e. The molecule has 1 aromatic carbocycles. The van der Waals surface area contributed by atoms with E-state index in [1.165, 1.54) is 18.3 Å². The Bertz CT molecular complexity index is 1290. The summed E-state index contributed by atoms with van der Waals surface area (Å²) in [5.41, 5.74) is -3.03. The van der Waals surface area contributed by atoms with E-state index in [1.54, 1.807) is 6.92 Å². The van der Waals surface area contributed by atoms with Crippen LogP contribution in [0.3, 0.4) is 0 Å². The number of nitrogens with zero attached hydrogens (tertiary/aromatic N) is 3. The number of hydrogen-bond donors (Lipinski definition) is 1. The molecule has 2 aromatic heterocycles. The number of fused-ring (bicyclic) bond motifs is 1. The zero-order valence-corrected chi connectivity index (χ0v) is 16.8. The zero-order valence-electron chi connectivity index (χ0n) is 16.8. The third kappa shape index (κ3) is 3.57. The minimum Gasteiger partial charge on any atom is -0.352 e. The average molecular weight is 448 g/mol. The van der Waals surface area contributed by atoms with E-state index in [2.05, 4.69) is 21.2 Å². The van der Waals surface area contributed by atoms with Crippen molar-refractivity contribution in [3.05, 3.63) is 63.6 Å². The molecule has 0 aliphatic heterocycles. The lowest BCUT2D eigenvalue weighted by Crippen LogP contribution is -2.35. The zero-order chi connectivity index (χ0) is 23.2. The van der Waals surface area contributed by atoms with E-state index in [1.807, 2.05) is 0 Å². The second-order valence-corrected chi connectivity index (χ2v) is 7.60. The molecular formula is C22H17F5N4O. The second kappa shape index (κ2) is 7.89. The minimum absolute atomic E-state index is 0.0658. The number of anilines is 1. The summed E-state index contributed by atoms with van der Waals surface area (Å²) in [6.07, 6.45) is 1.28. The van der Waals surface area contributed by atoms with Crippen molar-refractivity contribution < 1.29 is 22.0 Å². The van der Waals surface area contributed by atoms with Crippen molar-refractivity contribution in [1.29, 1.82) is 0 Å². The molecular weight excluding hydrogens is 431 g/mol. The summed E-state index contributed by atoms with van der Waals surface area (Å²) in [4.78, 5) is 20.9. The van der Waals surface area contributed by atoms with E-state index in [9.17, 15) is 26.7 Å². The molecule has 1 aliphatic rings. The van der Waals surface area contributed by atoms with Crippen molar-refractivity contribution in [3.8, 4) is 12.3 Å². The van der Waals surface area contributed by atoms with Crippen LogP contribution in [0.4, 0.5) is 27.8 Å². The number of terminal acetylenes is 1. The van der Waals surface area contributed by atoms with E-state index in [0.717, 1.165) is 16.7 Å². The summed E-state index contributed by atoms with van der Waals surface area (Å²) in [6, 6.07) is 3.41. The summed E-state index contributed by atoms with van der Waals surface area (Å²) in [7, 11) is 0. The standard InChI is InChI=1S/C22H17F5N4O/c1-3-15(12-5-4-6-13(18(12)23)19(24)25)30-20-14-10-31(22(7-8-22)21(26)27)17(32)9-16(14)28-11(2)29-20/h1,4-6,9-10,15,19,21H,7-8H2,2H3,(H,28,29,30)/t15-/m1/s1. The molecule has 2 heterocycles. The van der Waals surface area contributed by atoms with Gasteiger partial charge in [-0.2, -0.15) is 0 Å². The van der Waals surface area contributed by atoms with Gasteiger partial charge in [0, 0.05) is 17.8 Å². The molecule has 10 heteroatoms. The van der Waals surface area contributed by atoms with Gasteiger partial charge in [-0.3, -0.25) is 4.79 Å². The molecule has 0 spiro atoms. The molecule has 0 unspecified atom stereocenters. The minimum atomic E-state index is -3.03. The molecule has 0 amide bonds. The SMILES string of the molecule is C#C[C@@H](Nc1nc(C)nc2cc(=O)n(C3(C(F)F)CC3)cc12)c1cccc(C(F)F)c1F. The predicted octanol–water partition coefficient (Wildman–Crippen LogP) is 4.72. The van der Waals surface area contributed by atoms with Crippen molar-refractivity contribution in [3.63, 3.8) is 0 Å². The number of alkyl halides is 4. The number of aryl methyl sites for hydroxylation is 1. The van der Waals surface area contributed by atoms with E-state index in [-0.39, 0.29) is 41.0 Å².